The van der Waals surface area contributed by atoms with Gasteiger partial charge in [0.15, 0.2) is 0 Å². The predicted octanol–water partition coefficient (Wildman–Crippen LogP) is 3.44. The van der Waals surface area contributed by atoms with Crippen LogP contribution in [0.1, 0.15) is 17.2 Å². The molecule has 1 N–H and O–H groups in total. The van der Waals surface area contributed by atoms with Crippen molar-refractivity contribution in [1.82, 2.24) is 14.8 Å². The average molecular weight is 346 g/mol. The Morgan fingerprint density at radius 1 is 1.25 bits per heavy atom. The maximum atomic E-state index is 13.3. The highest BCUT2D eigenvalue weighted by molar-refractivity contribution is 6.31. The van der Waals surface area contributed by atoms with Crippen LogP contribution in [0.4, 0.5) is 4.39 Å². The monoisotopic (exact) mass is 345 g/mol. The van der Waals surface area contributed by atoms with Crippen molar-refractivity contribution in [2.24, 2.45) is 0 Å². The van der Waals surface area contributed by atoms with E-state index in [4.69, 9.17) is 16.3 Å². The number of aromatic hydroxyl groups is 1. The number of epoxide rings is 1. The second-order valence-corrected chi connectivity index (χ2v) is 6.10. The van der Waals surface area contributed by atoms with Gasteiger partial charge in [0.25, 0.3) is 0 Å². The number of hydrogen-bond acceptors (Lipinski definition) is 4. The molecule has 5 nitrogen and oxygen atoms in total. The molecule has 7 heteroatoms. The minimum Gasteiger partial charge on any atom is -0.508 e. The molecule has 122 valence electrons. The van der Waals surface area contributed by atoms with Crippen molar-refractivity contribution < 1.29 is 14.2 Å². The van der Waals surface area contributed by atoms with Crippen LogP contribution in [0.25, 0.3) is 0 Å². The number of phenols is 1. The zero-order chi connectivity index (χ0) is 16.7. The molecule has 1 aliphatic rings. The Morgan fingerprint density at radius 3 is 2.75 bits per heavy atom. The molecule has 2 unspecified atom stereocenters. The zero-order valence-electron chi connectivity index (χ0n) is 12.4. The van der Waals surface area contributed by atoms with Crippen molar-refractivity contribution in [1.29, 1.82) is 0 Å². The van der Waals surface area contributed by atoms with Gasteiger partial charge in [0.05, 0.1) is 6.54 Å². The van der Waals surface area contributed by atoms with Crippen LogP contribution in [0.15, 0.2) is 55.1 Å². The standard InChI is InChI=1S/C17H13ClFN3O2/c18-15-6-5-13(23)7-14(15)16-17(24-16,8-22-10-20-9-21-22)11-1-3-12(19)4-2-11/h1-7,9-10,16,23H,8H2. The second kappa shape index (κ2) is 5.58. The van der Waals surface area contributed by atoms with E-state index in [1.165, 1.54) is 24.5 Å². The molecule has 1 fully saturated rings. The van der Waals surface area contributed by atoms with E-state index in [1.807, 2.05) is 0 Å². The third kappa shape index (κ3) is 2.53. The summed E-state index contributed by atoms with van der Waals surface area (Å²) in [6.07, 6.45) is 2.66. The summed E-state index contributed by atoms with van der Waals surface area (Å²) in [4.78, 5) is 3.94. The normalized spacial score (nSPS) is 22.5. The lowest BCUT2D eigenvalue weighted by molar-refractivity contribution is 0.262. The quantitative estimate of drug-likeness (QED) is 0.736. The first-order valence-corrected chi connectivity index (χ1v) is 7.71. The van der Waals surface area contributed by atoms with Gasteiger partial charge in [-0.25, -0.2) is 14.1 Å². The molecule has 0 radical (unpaired) electrons. The molecule has 2 atom stereocenters. The Kier molecular flexibility index (Phi) is 3.51. The summed E-state index contributed by atoms with van der Waals surface area (Å²) in [5, 5.41) is 14.4. The Hall–Kier alpha value is -2.44. The largest absolute Gasteiger partial charge is 0.508 e. The fourth-order valence-electron chi connectivity index (χ4n) is 2.94. The highest BCUT2D eigenvalue weighted by atomic mass is 35.5. The van der Waals surface area contributed by atoms with E-state index in [-0.39, 0.29) is 17.7 Å². The molecule has 1 aromatic heterocycles. The number of benzene rings is 2. The van der Waals surface area contributed by atoms with E-state index in [0.29, 0.717) is 17.1 Å². The van der Waals surface area contributed by atoms with Crippen molar-refractivity contribution >= 4 is 11.6 Å². The van der Waals surface area contributed by atoms with Gasteiger partial charge in [0, 0.05) is 10.6 Å². The SMILES string of the molecule is Oc1ccc(Cl)c(C2OC2(Cn2cncn2)c2ccc(F)cc2)c1. The lowest BCUT2D eigenvalue weighted by Crippen LogP contribution is -2.19. The topological polar surface area (TPSA) is 63.5 Å². The molecule has 1 aliphatic heterocycles. The van der Waals surface area contributed by atoms with Crippen LogP contribution in [0, 0.1) is 5.82 Å². The smallest absolute Gasteiger partial charge is 0.144 e. The molecular formula is C17H13ClFN3O2. The molecule has 0 aliphatic carbocycles. The van der Waals surface area contributed by atoms with Crippen LogP contribution in [-0.2, 0) is 16.9 Å². The van der Waals surface area contributed by atoms with Gasteiger partial charge >= 0.3 is 0 Å². The maximum absolute atomic E-state index is 13.3. The van der Waals surface area contributed by atoms with Crippen LogP contribution in [0.5, 0.6) is 5.75 Å². The van der Waals surface area contributed by atoms with Crippen LogP contribution in [0.2, 0.25) is 5.02 Å². The zero-order valence-corrected chi connectivity index (χ0v) is 13.2. The minimum absolute atomic E-state index is 0.110. The molecule has 2 aromatic carbocycles. The Bertz CT molecular complexity index is 870. The van der Waals surface area contributed by atoms with Crippen LogP contribution in [0.3, 0.4) is 0 Å². The molecule has 0 amide bonds. The van der Waals surface area contributed by atoms with Gasteiger partial charge < -0.3 is 9.84 Å². The number of nitrogens with zero attached hydrogens (tertiary/aromatic N) is 3. The van der Waals surface area contributed by atoms with E-state index in [1.54, 1.807) is 35.3 Å². The highest BCUT2D eigenvalue weighted by Crippen LogP contribution is 2.59. The summed E-state index contributed by atoms with van der Waals surface area (Å²) in [5.41, 5.74) is 0.753. The molecule has 0 spiro atoms. The fourth-order valence-corrected chi connectivity index (χ4v) is 3.16. The molecule has 1 saturated heterocycles. The Labute approximate surface area is 142 Å². The van der Waals surface area contributed by atoms with Gasteiger partial charge in [-0.2, -0.15) is 5.10 Å². The number of rotatable bonds is 4. The van der Waals surface area contributed by atoms with E-state index in [0.717, 1.165) is 5.56 Å². The number of ether oxygens (including phenoxy) is 1. The first kappa shape index (κ1) is 15.1. The summed E-state index contributed by atoms with van der Waals surface area (Å²) < 4.78 is 21.0. The Morgan fingerprint density at radius 2 is 2.04 bits per heavy atom. The van der Waals surface area contributed by atoms with Crippen molar-refractivity contribution in [3.63, 3.8) is 0 Å². The van der Waals surface area contributed by atoms with Crippen LogP contribution >= 0.6 is 11.6 Å². The van der Waals surface area contributed by atoms with Crippen molar-refractivity contribution in [3.05, 3.63) is 77.1 Å². The summed E-state index contributed by atoms with van der Waals surface area (Å²) in [7, 11) is 0. The molecule has 0 saturated carbocycles. The predicted molar refractivity (Wildman–Crippen MR) is 85.0 cm³/mol. The summed E-state index contributed by atoms with van der Waals surface area (Å²) in [6, 6.07) is 10.9. The van der Waals surface area contributed by atoms with Crippen molar-refractivity contribution in [2.75, 3.05) is 0 Å². The summed E-state index contributed by atoms with van der Waals surface area (Å²) >= 11 is 6.27. The minimum atomic E-state index is -0.737. The molecule has 3 aromatic rings. The molecule has 2 heterocycles. The summed E-state index contributed by atoms with van der Waals surface area (Å²) in [6.45, 7) is 0.398. The first-order chi connectivity index (χ1) is 11.6. The second-order valence-electron chi connectivity index (χ2n) is 5.69. The van der Waals surface area contributed by atoms with Crippen molar-refractivity contribution in [2.45, 2.75) is 18.2 Å². The maximum Gasteiger partial charge on any atom is 0.144 e. The van der Waals surface area contributed by atoms with Crippen LogP contribution in [-0.4, -0.2) is 19.9 Å². The molecule has 4 rings (SSSR count). The fraction of sp³-hybridized carbons (Fsp3) is 0.176. The van der Waals surface area contributed by atoms with E-state index >= 15 is 0 Å². The Balaban J connectivity index is 1.76. The molecule has 24 heavy (non-hydrogen) atoms. The van der Waals surface area contributed by atoms with Gasteiger partial charge in [-0.15, -0.1) is 0 Å². The highest BCUT2D eigenvalue weighted by Gasteiger charge is 2.59. The summed E-state index contributed by atoms with van der Waals surface area (Å²) in [5.74, 6) is -0.207. The van der Waals surface area contributed by atoms with Gasteiger partial charge in [0.1, 0.15) is 35.9 Å². The first-order valence-electron chi connectivity index (χ1n) is 7.33. The van der Waals surface area contributed by atoms with E-state index < -0.39 is 5.60 Å². The average Bonchev–Trinajstić information content (AvgIpc) is 3.04. The van der Waals surface area contributed by atoms with Crippen molar-refractivity contribution in [3.8, 4) is 5.75 Å². The van der Waals surface area contributed by atoms with Gasteiger partial charge in [-0.1, -0.05) is 23.7 Å². The van der Waals surface area contributed by atoms with Gasteiger partial charge in [-0.3, -0.25) is 0 Å². The molecular weight excluding hydrogens is 333 g/mol. The third-order valence-electron chi connectivity index (χ3n) is 4.15. The lowest BCUT2D eigenvalue weighted by Gasteiger charge is -2.14. The number of phenolic OH excluding ortho intramolecular Hbond substituents is 1. The van der Waals surface area contributed by atoms with Gasteiger partial charge in [0.2, 0.25) is 0 Å². The van der Waals surface area contributed by atoms with E-state index in [9.17, 15) is 9.50 Å². The van der Waals surface area contributed by atoms with E-state index in [2.05, 4.69) is 10.1 Å². The van der Waals surface area contributed by atoms with Gasteiger partial charge in [-0.05, 0) is 35.9 Å². The lowest BCUT2D eigenvalue weighted by atomic mass is 9.91. The molecule has 0 bridgehead atoms. The number of hydrogen-bond donors (Lipinski definition) is 1. The number of aromatic nitrogens is 3. The third-order valence-corrected chi connectivity index (χ3v) is 4.50. The number of halogens is 2. The van der Waals surface area contributed by atoms with Crippen LogP contribution < -0.4 is 0 Å².